The lowest BCUT2D eigenvalue weighted by atomic mass is 9.85. The van der Waals surface area contributed by atoms with Crippen LogP contribution in [0.25, 0.3) is 0 Å². The maximum absolute atomic E-state index is 11.1. The first kappa shape index (κ1) is 13.7. The molecule has 17 heavy (non-hydrogen) atoms. The van der Waals surface area contributed by atoms with Gasteiger partial charge in [0, 0.05) is 6.54 Å². The highest BCUT2D eigenvalue weighted by Crippen LogP contribution is 2.24. The molecule has 1 aromatic carbocycles. The highest BCUT2D eigenvalue weighted by atomic mass is 16.1. The zero-order valence-corrected chi connectivity index (χ0v) is 11.1. The third kappa shape index (κ3) is 3.86. The summed E-state index contributed by atoms with van der Waals surface area (Å²) < 4.78 is 0. The number of hydrogen-bond donors (Lipinski definition) is 2. The highest BCUT2D eigenvalue weighted by molar-refractivity contribution is 5.77. The lowest BCUT2D eigenvalue weighted by molar-refractivity contribution is -0.119. The first-order valence-corrected chi connectivity index (χ1v) is 5.91. The van der Waals surface area contributed by atoms with Gasteiger partial charge in [0.25, 0.3) is 0 Å². The molecule has 1 aromatic rings. The van der Waals surface area contributed by atoms with E-state index in [0.717, 1.165) is 5.56 Å². The predicted octanol–water partition coefficient (Wildman–Crippen LogP) is 1.87. The molecular weight excluding hydrogens is 212 g/mol. The van der Waals surface area contributed by atoms with E-state index in [2.05, 4.69) is 51.2 Å². The van der Waals surface area contributed by atoms with E-state index in [-0.39, 0.29) is 17.9 Å². The van der Waals surface area contributed by atoms with E-state index in [9.17, 15) is 4.79 Å². The number of aryl methyl sites for hydroxylation is 1. The van der Waals surface area contributed by atoms with Crippen LogP contribution in [-0.4, -0.2) is 12.5 Å². The second kappa shape index (κ2) is 5.32. The summed E-state index contributed by atoms with van der Waals surface area (Å²) in [5, 5.41) is 2.80. The molecule has 3 N–H and O–H groups in total. The lowest BCUT2D eigenvalue weighted by Crippen LogP contribution is -2.30. The van der Waals surface area contributed by atoms with Crippen LogP contribution in [0.1, 0.15) is 37.5 Å². The van der Waals surface area contributed by atoms with Gasteiger partial charge in [-0.3, -0.25) is 4.79 Å². The van der Waals surface area contributed by atoms with Gasteiger partial charge in [-0.1, -0.05) is 39.0 Å². The Morgan fingerprint density at radius 2 is 2.00 bits per heavy atom. The largest absolute Gasteiger partial charge is 0.351 e. The zero-order chi connectivity index (χ0) is 13.1. The normalized spacial score (nSPS) is 11.4. The van der Waals surface area contributed by atoms with E-state index in [1.54, 1.807) is 0 Å². The Morgan fingerprint density at radius 1 is 1.35 bits per heavy atom. The molecule has 0 fully saturated rings. The molecule has 0 saturated carbocycles. The fourth-order valence-corrected chi connectivity index (χ4v) is 1.59. The van der Waals surface area contributed by atoms with Crippen LogP contribution < -0.4 is 11.1 Å². The Balaban J connectivity index is 2.88. The van der Waals surface area contributed by atoms with Gasteiger partial charge in [0.1, 0.15) is 0 Å². The highest BCUT2D eigenvalue weighted by Gasteiger charge is 2.14. The molecule has 0 unspecified atom stereocenters. The number of amides is 1. The molecule has 0 saturated heterocycles. The van der Waals surface area contributed by atoms with Crippen molar-refractivity contribution in [3.8, 4) is 0 Å². The third-order valence-corrected chi connectivity index (χ3v) is 2.88. The first-order valence-electron chi connectivity index (χ1n) is 5.91. The first-order chi connectivity index (χ1) is 7.84. The summed E-state index contributed by atoms with van der Waals surface area (Å²) in [5.41, 5.74) is 9.01. The summed E-state index contributed by atoms with van der Waals surface area (Å²) in [6.07, 6.45) is 0. The molecule has 0 spiro atoms. The van der Waals surface area contributed by atoms with Crippen molar-refractivity contribution in [3.63, 3.8) is 0 Å². The Kier molecular flexibility index (Phi) is 4.29. The molecule has 1 amide bonds. The van der Waals surface area contributed by atoms with Gasteiger partial charge >= 0.3 is 0 Å². The van der Waals surface area contributed by atoms with Crippen molar-refractivity contribution in [2.24, 2.45) is 5.73 Å². The molecule has 0 heterocycles. The Morgan fingerprint density at radius 3 is 2.53 bits per heavy atom. The molecule has 0 atom stereocenters. The molecule has 1 rings (SSSR count). The maximum Gasteiger partial charge on any atom is 0.234 e. The van der Waals surface area contributed by atoms with E-state index in [4.69, 9.17) is 5.73 Å². The van der Waals surface area contributed by atoms with Crippen molar-refractivity contribution in [3.05, 3.63) is 34.9 Å². The third-order valence-electron chi connectivity index (χ3n) is 2.88. The molecule has 94 valence electrons. The van der Waals surface area contributed by atoms with Crippen molar-refractivity contribution in [2.45, 2.75) is 39.7 Å². The number of nitrogens with two attached hydrogens (primary N) is 1. The van der Waals surface area contributed by atoms with Crippen LogP contribution in [0.15, 0.2) is 18.2 Å². The van der Waals surface area contributed by atoms with Gasteiger partial charge < -0.3 is 11.1 Å². The van der Waals surface area contributed by atoms with Gasteiger partial charge in [-0.15, -0.1) is 0 Å². The SMILES string of the molecule is Cc1ccc(C(C)(C)C)cc1CNC(=O)CN. The van der Waals surface area contributed by atoms with E-state index in [1.165, 1.54) is 11.1 Å². The van der Waals surface area contributed by atoms with Crippen molar-refractivity contribution in [2.75, 3.05) is 6.54 Å². The van der Waals surface area contributed by atoms with Gasteiger partial charge in [-0.05, 0) is 29.0 Å². The molecule has 0 aliphatic carbocycles. The number of benzene rings is 1. The quantitative estimate of drug-likeness (QED) is 0.839. The number of hydrogen-bond acceptors (Lipinski definition) is 2. The van der Waals surface area contributed by atoms with Gasteiger partial charge in [-0.2, -0.15) is 0 Å². The Labute approximate surface area is 103 Å². The molecule has 3 nitrogen and oxygen atoms in total. The Bertz CT molecular complexity index is 405. The minimum atomic E-state index is -0.120. The van der Waals surface area contributed by atoms with Crippen molar-refractivity contribution in [1.29, 1.82) is 0 Å². The average Bonchev–Trinajstić information content (AvgIpc) is 2.26. The minimum Gasteiger partial charge on any atom is -0.351 e. The van der Waals surface area contributed by atoms with E-state index in [1.807, 2.05) is 0 Å². The van der Waals surface area contributed by atoms with Crippen molar-refractivity contribution >= 4 is 5.91 Å². The van der Waals surface area contributed by atoms with Crippen molar-refractivity contribution < 1.29 is 4.79 Å². The minimum absolute atomic E-state index is 0.0397. The molecule has 0 aliphatic rings. The number of nitrogens with one attached hydrogen (secondary N) is 1. The monoisotopic (exact) mass is 234 g/mol. The standard InChI is InChI=1S/C14H22N2O/c1-10-5-6-12(14(2,3)4)7-11(10)9-16-13(17)8-15/h5-7H,8-9,15H2,1-4H3,(H,16,17). The summed E-state index contributed by atoms with van der Waals surface area (Å²) in [4.78, 5) is 11.1. The van der Waals surface area contributed by atoms with Gasteiger partial charge in [-0.25, -0.2) is 0 Å². The topological polar surface area (TPSA) is 55.1 Å². The van der Waals surface area contributed by atoms with Gasteiger partial charge in [0.05, 0.1) is 6.54 Å². The molecule has 0 aromatic heterocycles. The summed E-state index contributed by atoms with van der Waals surface area (Å²) >= 11 is 0. The summed E-state index contributed by atoms with van der Waals surface area (Å²) in [7, 11) is 0. The number of rotatable bonds is 3. The van der Waals surface area contributed by atoms with E-state index < -0.39 is 0 Å². The smallest absolute Gasteiger partial charge is 0.234 e. The van der Waals surface area contributed by atoms with Crippen LogP contribution in [0.4, 0.5) is 0 Å². The molecule has 3 heteroatoms. The van der Waals surface area contributed by atoms with Crippen LogP contribution in [0, 0.1) is 6.92 Å². The number of carbonyl (C=O) groups excluding carboxylic acids is 1. The molecule has 0 bridgehead atoms. The van der Waals surface area contributed by atoms with Crippen LogP contribution in [0.3, 0.4) is 0 Å². The maximum atomic E-state index is 11.1. The second-order valence-corrected chi connectivity index (χ2v) is 5.37. The van der Waals surface area contributed by atoms with Crippen molar-refractivity contribution in [1.82, 2.24) is 5.32 Å². The molecule has 0 radical (unpaired) electrons. The Hall–Kier alpha value is -1.35. The summed E-state index contributed by atoms with van der Waals surface area (Å²) in [5.74, 6) is -0.120. The van der Waals surface area contributed by atoms with E-state index >= 15 is 0 Å². The average molecular weight is 234 g/mol. The molecular formula is C14H22N2O. The number of carbonyl (C=O) groups is 1. The van der Waals surface area contributed by atoms with E-state index in [0.29, 0.717) is 6.54 Å². The summed E-state index contributed by atoms with van der Waals surface area (Å²) in [6.45, 7) is 9.18. The van der Waals surface area contributed by atoms with Crippen LogP contribution in [0.2, 0.25) is 0 Å². The summed E-state index contributed by atoms with van der Waals surface area (Å²) in [6, 6.07) is 6.40. The van der Waals surface area contributed by atoms with Crippen LogP contribution >= 0.6 is 0 Å². The van der Waals surface area contributed by atoms with Crippen LogP contribution in [0.5, 0.6) is 0 Å². The lowest BCUT2D eigenvalue weighted by Gasteiger charge is -2.21. The second-order valence-electron chi connectivity index (χ2n) is 5.37. The van der Waals surface area contributed by atoms with Gasteiger partial charge in [0.15, 0.2) is 0 Å². The zero-order valence-electron chi connectivity index (χ0n) is 11.1. The fraction of sp³-hybridized carbons (Fsp3) is 0.500. The van der Waals surface area contributed by atoms with Crippen LogP contribution in [-0.2, 0) is 16.8 Å². The fourth-order valence-electron chi connectivity index (χ4n) is 1.59. The molecule has 0 aliphatic heterocycles. The van der Waals surface area contributed by atoms with Gasteiger partial charge in [0.2, 0.25) is 5.91 Å². The predicted molar refractivity (Wildman–Crippen MR) is 70.8 cm³/mol.